The van der Waals surface area contributed by atoms with Crippen LogP contribution < -0.4 is 5.32 Å². The summed E-state index contributed by atoms with van der Waals surface area (Å²) in [6.07, 6.45) is -2.34. The molecule has 1 rings (SSSR count). The average molecular weight is 221 g/mol. The highest BCUT2D eigenvalue weighted by molar-refractivity contribution is 4.93. The fraction of sp³-hybridized carbons (Fsp3) is 1.00. The molecule has 0 bridgehead atoms. The second kappa shape index (κ2) is 5.74. The molecule has 6 heteroatoms. The van der Waals surface area contributed by atoms with Crippen LogP contribution in [0.2, 0.25) is 0 Å². The summed E-state index contributed by atoms with van der Waals surface area (Å²) in [7, 11) is 4.76. The Bertz CT molecular complexity index is 191. The summed E-state index contributed by atoms with van der Waals surface area (Å²) in [4.78, 5) is 0. The molecule has 3 N–H and O–H groups in total. The molecule has 0 amide bonds. The highest BCUT2D eigenvalue weighted by Gasteiger charge is 2.45. The Kier molecular flexibility index (Phi) is 4.91. The average Bonchev–Trinajstić information content (AvgIpc) is 2.27. The summed E-state index contributed by atoms with van der Waals surface area (Å²) in [6.45, 7) is -0.216. The predicted octanol–water partition coefficient (Wildman–Crippen LogP) is -1.69. The van der Waals surface area contributed by atoms with Crippen LogP contribution in [0.3, 0.4) is 0 Å². The minimum atomic E-state index is -1.01. The molecule has 0 radical (unpaired) electrons. The molecule has 0 aromatic heterocycles. The first-order valence-corrected chi connectivity index (χ1v) is 4.86. The number of aliphatic hydroxyl groups is 2. The molecule has 15 heavy (non-hydrogen) atoms. The lowest BCUT2D eigenvalue weighted by Crippen LogP contribution is -2.63. The molecule has 0 aromatic carbocycles. The van der Waals surface area contributed by atoms with Gasteiger partial charge in [-0.05, 0) is 7.05 Å². The molecule has 1 saturated heterocycles. The van der Waals surface area contributed by atoms with Crippen molar-refractivity contribution in [1.82, 2.24) is 5.32 Å². The lowest BCUT2D eigenvalue weighted by atomic mass is 9.97. The maximum Gasteiger partial charge on any atom is 0.173 e. The van der Waals surface area contributed by atoms with E-state index in [9.17, 15) is 5.11 Å². The van der Waals surface area contributed by atoms with Crippen molar-refractivity contribution >= 4 is 0 Å². The third kappa shape index (κ3) is 2.47. The van der Waals surface area contributed by atoms with Gasteiger partial charge in [-0.1, -0.05) is 0 Å². The molecule has 5 atom stereocenters. The summed E-state index contributed by atoms with van der Waals surface area (Å²) in [5.74, 6) is 0. The maximum atomic E-state index is 9.65. The molecule has 0 spiro atoms. The molecular formula is C9H19NO5. The normalized spacial score (nSPS) is 41.8. The number of nitrogens with one attached hydrogen (secondary N) is 1. The zero-order valence-corrected chi connectivity index (χ0v) is 9.21. The number of hydrogen-bond donors (Lipinski definition) is 3. The molecule has 0 saturated carbocycles. The van der Waals surface area contributed by atoms with E-state index in [0.29, 0.717) is 0 Å². The Balaban J connectivity index is 2.80. The number of rotatable bonds is 4. The third-order valence-corrected chi connectivity index (χ3v) is 2.72. The van der Waals surface area contributed by atoms with Gasteiger partial charge in [-0.2, -0.15) is 0 Å². The van der Waals surface area contributed by atoms with E-state index in [1.807, 2.05) is 0 Å². The Morgan fingerprint density at radius 3 is 2.27 bits per heavy atom. The minimum absolute atomic E-state index is 0.216. The van der Waals surface area contributed by atoms with Crippen LogP contribution in [0, 0.1) is 0 Å². The van der Waals surface area contributed by atoms with Gasteiger partial charge in [0.2, 0.25) is 0 Å². The van der Waals surface area contributed by atoms with Gasteiger partial charge in [0.25, 0.3) is 0 Å². The molecule has 3 unspecified atom stereocenters. The topological polar surface area (TPSA) is 80.2 Å². The monoisotopic (exact) mass is 221 g/mol. The molecule has 90 valence electrons. The van der Waals surface area contributed by atoms with Crippen LogP contribution in [0.15, 0.2) is 0 Å². The second-order valence-corrected chi connectivity index (χ2v) is 3.46. The smallest absolute Gasteiger partial charge is 0.173 e. The van der Waals surface area contributed by atoms with E-state index >= 15 is 0 Å². The van der Waals surface area contributed by atoms with Gasteiger partial charge in [0.05, 0.1) is 12.6 Å². The van der Waals surface area contributed by atoms with Crippen LogP contribution in [-0.4, -0.2) is 68.7 Å². The molecular weight excluding hydrogens is 202 g/mol. The zero-order chi connectivity index (χ0) is 11.4. The van der Waals surface area contributed by atoms with Crippen molar-refractivity contribution in [2.24, 2.45) is 0 Å². The van der Waals surface area contributed by atoms with Gasteiger partial charge in [0.1, 0.15) is 18.3 Å². The number of methoxy groups -OCH3 is 2. The van der Waals surface area contributed by atoms with Crippen LogP contribution in [0.4, 0.5) is 0 Å². The van der Waals surface area contributed by atoms with Gasteiger partial charge in [-0.15, -0.1) is 0 Å². The summed E-state index contributed by atoms with van der Waals surface area (Å²) >= 11 is 0. The Labute approximate surface area is 89.1 Å². The van der Waals surface area contributed by atoms with E-state index in [0.717, 1.165) is 0 Å². The van der Waals surface area contributed by atoms with Crippen LogP contribution in [0.1, 0.15) is 0 Å². The Morgan fingerprint density at radius 2 is 1.87 bits per heavy atom. The van der Waals surface area contributed by atoms with Crippen LogP contribution in [0.5, 0.6) is 0 Å². The molecule has 0 aliphatic carbocycles. The first kappa shape index (κ1) is 12.8. The van der Waals surface area contributed by atoms with Crippen LogP contribution >= 0.6 is 0 Å². The van der Waals surface area contributed by atoms with E-state index in [1.165, 1.54) is 14.2 Å². The van der Waals surface area contributed by atoms with Crippen LogP contribution in [-0.2, 0) is 14.2 Å². The molecule has 6 nitrogen and oxygen atoms in total. The van der Waals surface area contributed by atoms with Gasteiger partial charge in [0, 0.05) is 14.2 Å². The SMILES string of the molecule is CNC1C(OC)[C@H](OC)C(CO)O[C@H]1O. The van der Waals surface area contributed by atoms with Gasteiger partial charge in [0.15, 0.2) is 6.29 Å². The lowest BCUT2D eigenvalue weighted by Gasteiger charge is -2.43. The Morgan fingerprint density at radius 1 is 1.27 bits per heavy atom. The highest BCUT2D eigenvalue weighted by Crippen LogP contribution is 2.23. The molecule has 0 aromatic rings. The number of ether oxygens (including phenoxy) is 3. The lowest BCUT2D eigenvalue weighted by molar-refractivity contribution is -0.263. The minimum Gasteiger partial charge on any atom is -0.394 e. The van der Waals surface area contributed by atoms with Crippen molar-refractivity contribution in [3.63, 3.8) is 0 Å². The molecule has 1 fully saturated rings. The molecule has 1 aliphatic rings. The van der Waals surface area contributed by atoms with Gasteiger partial charge >= 0.3 is 0 Å². The maximum absolute atomic E-state index is 9.65. The van der Waals surface area contributed by atoms with Crippen LogP contribution in [0.25, 0.3) is 0 Å². The van der Waals surface area contributed by atoms with Gasteiger partial charge < -0.3 is 29.7 Å². The fourth-order valence-corrected chi connectivity index (χ4v) is 1.94. The summed E-state index contributed by atoms with van der Waals surface area (Å²) in [5.41, 5.74) is 0. The van der Waals surface area contributed by atoms with Crippen molar-refractivity contribution in [3.05, 3.63) is 0 Å². The number of hydrogen-bond acceptors (Lipinski definition) is 6. The summed E-state index contributed by atoms with van der Waals surface area (Å²) in [5, 5.41) is 21.6. The number of aliphatic hydroxyl groups excluding tert-OH is 2. The van der Waals surface area contributed by atoms with Crippen molar-refractivity contribution in [1.29, 1.82) is 0 Å². The van der Waals surface area contributed by atoms with Crippen molar-refractivity contribution in [2.75, 3.05) is 27.9 Å². The largest absolute Gasteiger partial charge is 0.394 e. The molecule has 1 heterocycles. The van der Waals surface area contributed by atoms with Crippen molar-refractivity contribution in [2.45, 2.75) is 30.6 Å². The van der Waals surface area contributed by atoms with Gasteiger partial charge in [-0.3, -0.25) is 0 Å². The summed E-state index contributed by atoms with van der Waals surface area (Å²) in [6, 6.07) is -0.372. The Hall–Kier alpha value is -0.240. The second-order valence-electron chi connectivity index (χ2n) is 3.46. The number of likely N-dealkylation sites (N-methyl/N-ethyl adjacent to an activating group) is 1. The van der Waals surface area contributed by atoms with Crippen molar-refractivity contribution in [3.8, 4) is 0 Å². The van der Waals surface area contributed by atoms with Gasteiger partial charge in [-0.25, -0.2) is 0 Å². The standard InChI is InChI=1S/C9H19NO5/c1-10-6-8(14-3)7(13-2)5(4-11)15-9(6)12/h5-12H,4H2,1-3H3/t5?,6?,7-,8?,9-/m1/s1. The quantitative estimate of drug-likeness (QED) is 0.526. The van der Waals surface area contributed by atoms with Crippen molar-refractivity contribution < 1.29 is 24.4 Å². The third-order valence-electron chi connectivity index (χ3n) is 2.72. The predicted molar refractivity (Wildman–Crippen MR) is 52.4 cm³/mol. The van der Waals surface area contributed by atoms with E-state index < -0.39 is 18.5 Å². The van der Waals surface area contributed by atoms with E-state index in [1.54, 1.807) is 7.05 Å². The van der Waals surface area contributed by atoms with E-state index in [2.05, 4.69) is 5.32 Å². The molecule has 1 aliphatic heterocycles. The fourth-order valence-electron chi connectivity index (χ4n) is 1.94. The first-order valence-electron chi connectivity index (χ1n) is 4.86. The summed E-state index contributed by atoms with van der Waals surface area (Å²) < 4.78 is 15.7. The first-order chi connectivity index (χ1) is 7.19. The zero-order valence-electron chi connectivity index (χ0n) is 9.21. The highest BCUT2D eigenvalue weighted by atomic mass is 16.6. The van der Waals surface area contributed by atoms with E-state index in [4.69, 9.17) is 19.3 Å². The van der Waals surface area contributed by atoms with E-state index in [-0.39, 0.29) is 18.8 Å².